The molecule has 0 aliphatic carbocycles. The molecule has 0 radical (unpaired) electrons. The van der Waals surface area contributed by atoms with Gasteiger partial charge in [-0.1, -0.05) is 12.1 Å². The second kappa shape index (κ2) is 9.56. The van der Waals surface area contributed by atoms with Crippen LogP contribution in [0, 0.1) is 0 Å². The molecule has 1 saturated heterocycles. The number of nitrogens with one attached hydrogen (secondary N) is 1. The fourth-order valence-electron chi connectivity index (χ4n) is 2.66. The number of pyridine rings is 1. The Morgan fingerprint density at radius 1 is 1.19 bits per heavy atom. The molecule has 162 valence electrons. The Kier molecular flexibility index (Phi) is 6.85. The van der Waals surface area contributed by atoms with Crippen LogP contribution in [0.15, 0.2) is 52.3 Å². The number of imide groups is 1. The molecule has 0 spiro atoms. The number of hydrogen-bond acceptors (Lipinski definition) is 6. The van der Waals surface area contributed by atoms with Crippen LogP contribution in [0.2, 0.25) is 0 Å². The molecule has 1 aliphatic heterocycles. The van der Waals surface area contributed by atoms with Crippen molar-refractivity contribution in [1.29, 1.82) is 0 Å². The number of carbonyl (C=O) groups is 3. The third-order valence-corrected chi connectivity index (χ3v) is 5.17. The van der Waals surface area contributed by atoms with Crippen LogP contribution < -0.4 is 15.6 Å². The lowest BCUT2D eigenvalue weighted by molar-refractivity contribution is -0.122. The second-order valence-corrected chi connectivity index (χ2v) is 7.39. The molecule has 0 unspecified atom stereocenters. The number of aromatic nitrogens is 1. The van der Waals surface area contributed by atoms with Crippen LogP contribution in [0.5, 0.6) is 5.75 Å². The first-order valence-electron chi connectivity index (χ1n) is 9.00. The third-order valence-electron chi connectivity index (χ3n) is 4.26. The van der Waals surface area contributed by atoms with Crippen molar-refractivity contribution in [1.82, 2.24) is 14.8 Å². The number of halogens is 2. The topological polar surface area (TPSA) is 97.7 Å². The van der Waals surface area contributed by atoms with Gasteiger partial charge in [-0.25, -0.2) is 0 Å². The van der Waals surface area contributed by atoms with Gasteiger partial charge in [0, 0.05) is 38.0 Å². The zero-order valence-corrected chi connectivity index (χ0v) is 17.0. The molecule has 1 aliphatic rings. The maximum atomic E-state index is 12.5. The average molecular weight is 449 g/mol. The smallest absolute Gasteiger partial charge is 0.387 e. The van der Waals surface area contributed by atoms with Gasteiger partial charge in [0.25, 0.3) is 22.6 Å². The summed E-state index contributed by atoms with van der Waals surface area (Å²) in [7, 11) is 1.56. The zero-order chi connectivity index (χ0) is 22.5. The first kappa shape index (κ1) is 22.2. The number of carbonyl (C=O) groups excluding carboxylic acids is 3. The molecule has 3 amide bonds. The van der Waals surface area contributed by atoms with Crippen LogP contribution in [-0.4, -0.2) is 46.2 Å². The molecule has 0 bridgehead atoms. The van der Waals surface area contributed by atoms with Gasteiger partial charge in [0.2, 0.25) is 0 Å². The Balaban J connectivity index is 1.58. The molecule has 1 fully saturated rings. The minimum Gasteiger partial charge on any atom is -0.435 e. The summed E-state index contributed by atoms with van der Waals surface area (Å²) in [6, 6.07) is 8.29. The summed E-state index contributed by atoms with van der Waals surface area (Å²) in [5, 5.41) is 2.07. The van der Waals surface area contributed by atoms with Crippen molar-refractivity contribution in [3.8, 4) is 5.75 Å². The van der Waals surface area contributed by atoms with Crippen LogP contribution in [0.1, 0.15) is 15.9 Å². The molecule has 1 aromatic heterocycles. The lowest BCUT2D eigenvalue weighted by Crippen LogP contribution is -2.37. The van der Waals surface area contributed by atoms with Gasteiger partial charge in [-0.15, -0.1) is 0 Å². The van der Waals surface area contributed by atoms with E-state index in [0.717, 1.165) is 16.7 Å². The number of hydrogen-bond donors (Lipinski definition) is 1. The van der Waals surface area contributed by atoms with Crippen molar-refractivity contribution in [3.05, 3.63) is 69.0 Å². The van der Waals surface area contributed by atoms with E-state index in [-0.39, 0.29) is 34.9 Å². The van der Waals surface area contributed by atoms with Gasteiger partial charge >= 0.3 is 6.61 Å². The Labute approximate surface area is 179 Å². The average Bonchev–Trinajstić information content (AvgIpc) is 2.98. The van der Waals surface area contributed by atoms with Gasteiger partial charge < -0.3 is 14.6 Å². The number of ether oxygens (including phenoxy) is 1. The summed E-state index contributed by atoms with van der Waals surface area (Å²) in [6.07, 6.45) is 2.93. The first-order chi connectivity index (χ1) is 14.7. The van der Waals surface area contributed by atoms with Crippen LogP contribution in [0.3, 0.4) is 0 Å². The molecule has 1 aromatic carbocycles. The van der Waals surface area contributed by atoms with Crippen LogP contribution in [0.25, 0.3) is 6.08 Å². The third kappa shape index (κ3) is 5.57. The number of alkyl halides is 2. The van der Waals surface area contributed by atoms with E-state index in [1.807, 2.05) is 0 Å². The normalized spacial score (nSPS) is 15.1. The fraction of sp³-hybridized carbons (Fsp3) is 0.200. The molecule has 1 N–H and O–H groups in total. The molecule has 2 aromatic rings. The molecule has 2 heterocycles. The van der Waals surface area contributed by atoms with E-state index in [1.54, 1.807) is 7.05 Å². The molecule has 31 heavy (non-hydrogen) atoms. The highest BCUT2D eigenvalue weighted by Gasteiger charge is 2.34. The van der Waals surface area contributed by atoms with Crippen molar-refractivity contribution < 1.29 is 27.9 Å². The largest absolute Gasteiger partial charge is 0.435 e. The Hall–Kier alpha value is -3.47. The van der Waals surface area contributed by atoms with Gasteiger partial charge in [-0.2, -0.15) is 8.78 Å². The zero-order valence-electron chi connectivity index (χ0n) is 16.2. The summed E-state index contributed by atoms with van der Waals surface area (Å²) < 4.78 is 30.0. The number of rotatable bonds is 7. The maximum Gasteiger partial charge on any atom is 0.387 e. The number of aryl methyl sites for hydroxylation is 1. The molecular formula is C20H17F2N3O5S. The predicted octanol–water partition coefficient (Wildman–Crippen LogP) is 2.45. The van der Waals surface area contributed by atoms with E-state index in [2.05, 4.69) is 10.1 Å². The highest BCUT2D eigenvalue weighted by molar-refractivity contribution is 8.18. The van der Waals surface area contributed by atoms with Crippen molar-refractivity contribution in [2.24, 2.45) is 7.05 Å². The van der Waals surface area contributed by atoms with Crippen molar-refractivity contribution >= 4 is 34.9 Å². The van der Waals surface area contributed by atoms with Crippen LogP contribution in [0.4, 0.5) is 13.6 Å². The quantitative estimate of drug-likeness (QED) is 0.653. The molecule has 3 rings (SSSR count). The summed E-state index contributed by atoms with van der Waals surface area (Å²) in [5.41, 5.74) is 0.375. The summed E-state index contributed by atoms with van der Waals surface area (Å²) in [4.78, 5) is 49.5. The number of nitrogens with zero attached hydrogens (tertiary/aromatic N) is 2. The molecule has 0 atom stereocenters. The van der Waals surface area contributed by atoms with Gasteiger partial charge in [-0.05, 0) is 41.6 Å². The molecule has 8 nitrogen and oxygen atoms in total. The second-order valence-electron chi connectivity index (χ2n) is 6.40. The van der Waals surface area contributed by atoms with Gasteiger partial charge in [0.1, 0.15) is 5.75 Å². The highest BCUT2D eigenvalue weighted by atomic mass is 32.2. The Bertz CT molecular complexity index is 1100. The summed E-state index contributed by atoms with van der Waals surface area (Å²) in [5.74, 6) is -1.04. The van der Waals surface area contributed by atoms with E-state index in [1.165, 1.54) is 53.2 Å². The van der Waals surface area contributed by atoms with Gasteiger partial charge in [0.05, 0.1) is 4.91 Å². The Morgan fingerprint density at radius 3 is 2.55 bits per heavy atom. The Morgan fingerprint density at radius 2 is 1.90 bits per heavy atom. The van der Waals surface area contributed by atoms with E-state index < -0.39 is 23.7 Å². The van der Waals surface area contributed by atoms with E-state index in [4.69, 9.17) is 0 Å². The van der Waals surface area contributed by atoms with E-state index in [9.17, 15) is 28.0 Å². The lowest BCUT2D eigenvalue weighted by atomic mass is 10.2. The minimum atomic E-state index is -2.94. The van der Waals surface area contributed by atoms with Crippen LogP contribution in [-0.2, 0) is 11.8 Å². The minimum absolute atomic E-state index is 0.0129. The number of thioether (sulfide) groups is 1. The SMILES string of the molecule is Cn1ccc(C(=O)NCCN2C(=O)S/C(=C\c3ccc(OC(F)F)cc3)C2=O)cc1=O. The van der Waals surface area contributed by atoms with Gasteiger partial charge in [-0.3, -0.25) is 24.1 Å². The predicted molar refractivity (Wildman–Crippen MR) is 110 cm³/mol. The first-order valence-corrected chi connectivity index (χ1v) is 9.81. The van der Waals surface area contributed by atoms with E-state index in [0.29, 0.717) is 5.56 Å². The van der Waals surface area contributed by atoms with Gasteiger partial charge in [0.15, 0.2) is 0 Å². The number of amides is 3. The molecule has 0 saturated carbocycles. The molecular weight excluding hydrogens is 432 g/mol. The van der Waals surface area contributed by atoms with E-state index >= 15 is 0 Å². The van der Waals surface area contributed by atoms with Crippen LogP contribution >= 0.6 is 11.8 Å². The number of benzene rings is 1. The highest BCUT2D eigenvalue weighted by Crippen LogP contribution is 2.32. The summed E-state index contributed by atoms with van der Waals surface area (Å²) in [6.45, 7) is -2.96. The van der Waals surface area contributed by atoms with Crippen molar-refractivity contribution in [2.75, 3.05) is 13.1 Å². The lowest BCUT2D eigenvalue weighted by Gasteiger charge is -2.13. The summed E-state index contributed by atoms with van der Waals surface area (Å²) >= 11 is 0.741. The fourth-order valence-corrected chi connectivity index (χ4v) is 3.53. The van der Waals surface area contributed by atoms with Crippen molar-refractivity contribution in [2.45, 2.75) is 6.61 Å². The van der Waals surface area contributed by atoms with Crippen molar-refractivity contribution in [3.63, 3.8) is 0 Å². The standard InChI is InChI=1S/C20H17F2N3O5S/c1-24-8-6-13(11-16(24)26)17(27)23-7-9-25-18(28)15(31-20(25)29)10-12-2-4-14(5-3-12)30-19(21)22/h2-6,8,10-11,19H,7,9H2,1H3,(H,23,27)/b15-10-. The monoisotopic (exact) mass is 449 g/mol. The maximum absolute atomic E-state index is 12.5. The molecule has 11 heteroatoms.